The van der Waals surface area contributed by atoms with Gasteiger partial charge in [0.1, 0.15) is 6.04 Å². The van der Waals surface area contributed by atoms with E-state index in [0.717, 1.165) is 19.6 Å². The lowest BCUT2D eigenvalue weighted by atomic mass is 9.96. The standard InChI is InChI=1S/C9H15N3/c10-3-7-5-12(6-7)9(4-11)8-1-2-8/h7-9H,1-3,5-6,10H2. The van der Waals surface area contributed by atoms with Crippen molar-refractivity contribution in [3.8, 4) is 6.07 Å². The van der Waals surface area contributed by atoms with Gasteiger partial charge in [0.25, 0.3) is 0 Å². The Bertz CT molecular complexity index is 198. The van der Waals surface area contributed by atoms with Crippen LogP contribution in [-0.2, 0) is 0 Å². The Hall–Kier alpha value is -0.590. The van der Waals surface area contributed by atoms with Gasteiger partial charge in [0.15, 0.2) is 0 Å². The molecular weight excluding hydrogens is 150 g/mol. The van der Waals surface area contributed by atoms with Crippen molar-refractivity contribution in [1.82, 2.24) is 4.90 Å². The predicted octanol–water partition coefficient (Wildman–Crippen LogP) is 0.179. The van der Waals surface area contributed by atoms with E-state index in [1.54, 1.807) is 0 Å². The fourth-order valence-corrected chi connectivity index (χ4v) is 1.88. The molecule has 0 amide bonds. The zero-order valence-corrected chi connectivity index (χ0v) is 7.24. The topological polar surface area (TPSA) is 53.0 Å². The maximum atomic E-state index is 8.91. The third-order valence-electron chi connectivity index (χ3n) is 2.91. The van der Waals surface area contributed by atoms with Crippen molar-refractivity contribution in [2.45, 2.75) is 18.9 Å². The summed E-state index contributed by atoms with van der Waals surface area (Å²) in [6, 6.07) is 2.60. The third kappa shape index (κ3) is 1.33. The second-order valence-corrected chi connectivity index (χ2v) is 3.97. The van der Waals surface area contributed by atoms with E-state index in [9.17, 15) is 0 Å². The van der Waals surface area contributed by atoms with Crippen LogP contribution >= 0.6 is 0 Å². The van der Waals surface area contributed by atoms with Crippen molar-refractivity contribution in [3.05, 3.63) is 0 Å². The van der Waals surface area contributed by atoms with Gasteiger partial charge in [-0.2, -0.15) is 5.26 Å². The lowest BCUT2D eigenvalue weighted by molar-refractivity contribution is 0.0711. The lowest BCUT2D eigenvalue weighted by Crippen LogP contribution is -2.54. The third-order valence-corrected chi connectivity index (χ3v) is 2.91. The molecular formula is C9H15N3. The first-order valence-electron chi connectivity index (χ1n) is 4.69. The molecule has 2 N–H and O–H groups in total. The van der Waals surface area contributed by atoms with Gasteiger partial charge < -0.3 is 5.73 Å². The lowest BCUT2D eigenvalue weighted by Gasteiger charge is -2.41. The first kappa shape index (κ1) is 8.03. The summed E-state index contributed by atoms with van der Waals surface area (Å²) in [4.78, 5) is 2.27. The van der Waals surface area contributed by atoms with E-state index in [4.69, 9.17) is 11.0 Å². The summed E-state index contributed by atoms with van der Waals surface area (Å²) in [6.07, 6.45) is 2.50. The van der Waals surface area contributed by atoms with Gasteiger partial charge in [-0.1, -0.05) is 0 Å². The molecule has 1 heterocycles. The second-order valence-electron chi connectivity index (χ2n) is 3.97. The van der Waals surface area contributed by atoms with Crippen molar-refractivity contribution in [2.75, 3.05) is 19.6 Å². The molecule has 66 valence electrons. The molecule has 2 rings (SSSR count). The largest absolute Gasteiger partial charge is 0.330 e. The molecule has 1 aliphatic carbocycles. The highest BCUT2D eigenvalue weighted by molar-refractivity contribution is 5.05. The van der Waals surface area contributed by atoms with Crippen molar-refractivity contribution in [2.24, 2.45) is 17.6 Å². The van der Waals surface area contributed by atoms with Gasteiger partial charge in [-0.15, -0.1) is 0 Å². The quantitative estimate of drug-likeness (QED) is 0.649. The fraction of sp³-hybridized carbons (Fsp3) is 0.889. The van der Waals surface area contributed by atoms with Crippen LogP contribution in [0.25, 0.3) is 0 Å². The van der Waals surface area contributed by atoms with Crippen LogP contribution in [0.5, 0.6) is 0 Å². The minimum atomic E-state index is 0.202. The molecule has 0 radical (unpaired) electrons. The van der Waals surface area contributed by atoms with E-state index in [-0.39, 0.29) is 6.04 Å². The number of nitrogens with two attached hydrogens (primary N) is 1. The van der Waals surface area contributed by atoms with Gasteiger partial charge >= 0.3 is 0 Å². The highest BCUT2D eigenvalue weighted by atomic mass is 15.2. The van der Waals surface area contributed by atoms with Gasteiger partial charge in [0.2, 0.25) is 0 Å². The highest BCUT2D eigenvalue weighted by Gasteiger charge is 2.40. The number of likely N-dealkylation sites (tertiary alicyclic amines) is 1. The maximum absolute atomic E-state index is 8.91. The summed E-state index contributed by atoms with van der Waals surface area (Å²) in [6.45, 7) is 2.87. The summed E-state index contributed by atoms with van der Waals surface area (Å²) >= 11 is 0. The highest BCUT2D eigenvalue weighted by Crippen LogP contribution is 2.37. The van der Waals surface area contributed by atoms with Crippen LogP contribution in [0.3, 0.4) is 0 Å². The van der Waals surface area contributed by atoms with Crippen LogP contribution in [0, 0.1) is 23.2 Å². The van der Waals surface area contributed by atoms with Crippen LogP contribution in [0.2, 0.25) is 0 Å². The molecule has 0 aromatic carbocycles. The normalized spacial score (nSPS) is 27.7. The molecule has 2 fully saturated rings. The van der Waals surface area contributed by atoms with Crippen molar-refractivity contribution in [3.63, 3.8) is 0 Å². The monoisotopic (exact) mass is 165 g/mol. The number of hydrogen-bond acceptors (Lipinski definition) is 3. The van der Waals surface area contributed by atoms with E-state index in [2.05, 4.69) is 11.0 Å². The number of hydrogen-bond donors (Lipinski definition) is 1. The Kier molecular flexibility index (Phi) is 2.03. The SMILES string of the molecule is N#CC(C1CC1)N1CC(CN)C1. The zero-order chi connectivity index (χ0) is 8.55. The van der Waals surface area contributed by atoms with Crippen molar-refractivity contribution < 1.29 is 0 Å². The van der Waals surface area contributed by atoms with Crippen LogP contribution < -0.4 is 5.73 Å². The smallest absolute Gasteiger partial charge is 0.101 e. The maximum Gasteiger partial charge on any atom is 0.101 e. The average Bonchev–Trinajstić information content (AvgIpc) is 2.78. The molecule has 12 heavy (non-hydrogen) atoms. The minimum Gasteiger partial charge on any atom is -0.330 e. The molecule has 0 aromatic heterocycles. The second kappa shape index (κ2) is 3.04. The summed E-state index contributed by atoms with van der Waals surface area (Å²) in [5, 5.41) is 8.91. The van der Waals surface area contributed by atoms with Crippen molar-refractivity contribution >= 4 is 0 Å². The molecule has 1 saturated heterocycles. The van der Waals surface area contributed by atoms with Gasteiger partial charge in [0, 0.05) is 13.1 Å². The van der Waals surface area contributed by atoms with Crippen molar-refractivity contribution in [1.29, 1.82) is 5.26 Å². The molecule has 1 atom stereocenters. The molecule has 2 aliphatic rings. The molecule has 1 saturated carbocycles. The number of rotatable bonds is 3. The summed E-state index contributed by atoms with van der Waals surface area (Å²) in [7, 11) is 0. The fourth-order valence-electron chi connectivity index (χ4n) is 1.88. The van der Waals surface area contributed by atoms with Gasteiger partial charge in [-0.3, -0.25) is 4.90 Å². The number of nitrogens with zero attached hydrogens (tertiary/aromatic N) is 2. The summed E-state index contributed by atoms with van der Waals surface area (Å²) in [5.74, 6) is 1.33. The van der Waals surface area contributed by atoms with E-state index >= 15 is 0 Å². The first-order chi connectivity index (χ1) is 5.85. The van der Waals surface area contributed by atoms with Crippen LogP contribution in [-0.4, -0.2) is 30.6 Å². The zero-order valence-electron chi connectivity index (χ0n) is 7.24. The molecule has 3 nitrogen and oxygen atoms in total. The molecule has 0 aromatic rings. The van der Waals surface area contributed by atoms with Crippen LogP contribution in [0.1, 0.15) is 12.8 Å². The molecule has 0 bridgehead atoms. The van der Waals surface area contributed by atoms with E-state index < -0.39 is 0 Å². The Morgan fingerprint density at radius 1 is 1.50 bits per heavy atom. The van der Waals surface area contributed by atoms with E-state index in [1.165, 1.54) is 12.8 Å². The number of nitriles is 1. The van der Waals surface area contributed by atoms with Crippen LogP contribution in [0.4, 0.5) is 0 Å². The summed E-state index contributed by atoms with van der Waals surface area (Å²) < 4.78 is 0. The molecule has 1 aliphatic heterocycles. The van der Waals surface area contributed by atoms with Gasteiger partial charge in [0.05, 0.1) is 6.07 Å². The van der Waals surface area contributed by atoms with Gasteiger partial charge in [-0.25, -0.2) is 0 Å². The Morgan fingerprint density at radius 3 is 2.58 bits per heavy atom. The summed E-state index contributed by atoms with van der Waals surface area (Å²) in [5.41, 5.74) is 5.52. The first-order valence-corrected chi connectivity index (χ1v) is 4.69. The Balaban J connectivity index is 1.81. The molecule has 1 unspecified atom stereocenters. The predicted molar refractivity (Wildman–Crippen MR) is 46.2 cm³/mol. The van der Waals surface area contributed by atoms with E-state index in [0.29, 0.717) is 11.8 Å². The van der Waals surface area contributed by atoms with Crippen LogP contribution in [0.15, 0.2) is 0 Å². The Labute approximate surface area is 73.1 Å². The average molecular weight is 165 g/mol. The molecule has 0 spiro atoms. The Morgan fingerprint density at radius 2 is 2.17 bits per heavy atom. The molecule has 3 heteroatoms. The van der Waals surface area contributed by atoms with E-state index in [1.807, 2.05) is 0 Å². The van der Waals surface area contributed by atoms with Gasteiger partial charge in [-0.05, 0) is 31.2 Å². The minimum absolute atomic E-state index is 0.202.